The third-order valence-electron chi connectivity index (χ3n) is 2.17. The lowest BCUT2D eigenvalue weighted by Crippen LogP contribution is -2.34. The molecule has 0 bridgehead atoms. The Kier molecular flexibility index (Phi) is 5.36. The number of amides is 1. The Hall–Kier alpha value is -0.870. The van der Waals surface area contributed by atoms with Crippen LogP contribution in [0, 0.1) is 5.92 Å². The Morgan fingerprint density at radius 1 is 1.60 bits per heavy atom. The summed E-state index contributed by atoms with van der Waals surface area (Å²) in [5, 5.41) is 8.11. The smallest absolute Gasteiger partial charge is 0.224 e. The number of thiophene rings is 1. The van der Waals surface area contributed by atoms with Gasteiger partial charge >= 0.3 is 0 Å². The molecule has 0 aliphatic heterocycles. The van der Waals surface area contributed by atoms with E-state index in [1.807, 2.05) is 31.4 Å². The van der Waals surface area contributed by atoms with Gasteiger partial charge in [-0.15, -0.1) is 11.3 Å². The van der Waals surface area contributed by atoms with Crippen LogP contribution in [-0.2, 0) is 11.3 Å². The van der Waals surface area contributed by atoms with Crippen molar-refractivity contribution in [2.75, 3.05) is 13.1 Å². The molecule has 0 aliphatic rings. The fourth-order valence-corrected chi connectivity index (χ4v) is 1.86. The number of carbonyl (C=O) groups is 1. The van der Waals surface area contributed by atoms with Gasteiger partial charge in [0.05, 0.1) is 6.54 Å². The Balaban J connectivity index is 2.23. The summed E-state index contributed by atoms with van der Waals surface area (Å²) in [6.45, 7) is 6.27. The Labute approximate surface area is 94.9 Å². The highest BCUT2D eigenvalue weighted by Gasteiger charge is 2.11. The molecular formula is C11H18N2OS. The molecular weight excluding hydrogens is 208 g/mol. The molecule has 0 aliphatic carbocycles. The second-order valence-electron chi connectivity index (χ2n) is 3.51. The van der Waals surface area contributed by atoms with Gasteiger partial charge in [0.15, 0.2) is 0 Å². The van der Waals surface area contributed by atoms with Gasteiger partial charge in [-0.2, -0.15) is 0 Å². The predicted octanol–water partition coefficient (Wildman–Crippen LogP) is 1.61. The van der Waals surface area contributed by atoms with Crippen LogP contribution in [0.3, 0.4) is 0 Å². The van der Waals surface area contributed by atoms with Crippen molar-refractivity contribution in [1.29, 1.82) is 0 Å². The van der Waals surface area contributed by atoms with Gasteiger partial charge in [0.2, 0.25) is 5.91 Å². The van der Waals surface area contributed by atoms with Crippen molar-refractivity contribution < 1.29 is 4.79 Å². The molecule has 1 heterocycles. The van der Waals surface area contributed by atoms with E-state index < -0.39 is 0 Å². The maximum Gasteiger partial charge on any atom is 0.224 e. The van der Waals surface area contributed by atoms with Gasteiger partial charge in [0.25, 0.3) is 0 Å². The van der Waals surface area contributed by atoms with E-state index in [0.717, 1.165) is 13.1 Å². The normalized spacial score (nSPS) is 12.4. The molecule has 1 amide bonds. The molecule has 1 aromatic heterocycles. The van der Waals surface area contributed by atoms with Gasteiger partial charge in [-0.3, -0.25) is 4.79 Å². The zero-order chi connectivity index (χ0) is 11.1. The lowest BCUT2D eigenvalue weighted by atomic mass is 10.1. The van der Waals surface area contributed by atoms with Gasteiger partial charge in [0, 0.05) is 17.3 Å². The van der Waals surface area contributed by atoms with E-state index in [4.69, 9.17) is 0 Å². The van der Waals surface area contributed by atoms with Crippen LogP contribution in [0.1, 0.15) is 18.7 Å². The van der Waals surface area contributed by atoms with Gasteiger partial charge in [-0.05, 0) is 18.0 Å². The third-order valence-corrected chi connectivity index (χ3v) is 3.04. The summed E-state index contributed by atoms with van der Waals surface area (Å²) < 4.78 is 0. The molecule has 1 rings (SSSR count). The molecule has 0 saturated carbocycles. The molecule has 1 unspecified atom stereocenters. The molecule has 2 N–H and O–H groups in total. The van der Waals surface area contributed by atoms with Crippen molar-refractivity contribution in [1.82, 2.24) is 10.6 Å². The van der Waals surface area contributed by atoms with Crippen LogP contribution < -0.4 is 10.6 Å². The second kappa shape index (κ2) is 6.58. The number of hydrogen-bond acceptors (Lipinski definition) is 3. The summed E-state index contributed by atoms with van der Waals surface area (Å²) in [7, 11) is 0. The molecule has 15 heavy (non-hydrogen) atoms. The average Bonchev–Trinajstić information content (AvgIpc) is 2.75. The number of nitrogens with one attached hydrogen (secondary N) is 2. The van der Waals surface area contributed by atoms with E-state index in [0.29, 0.717) is 6.54 Å². The topological polar surface area (TPSA) is 41.1 Å². The van der Waals surface area contributed by atoms with Crippen molar-refractivity contribution in [3.05, 3.63) is 22.4 Å². The standard InChI is InChI=1S/C11H18N2OS/c1-3-12-7-9(2)11(14)13-8-10-5-4-6-15-10/h4-6,9,12H,3,7-8H2,1-2H3,(H,13,14). The van der Waals surface area contributed by atoms with Gasteiger partial charge in [-0.25, -0.2) is 0 Å². The highest BCUT2D eigenvalue weighted by molar-refractivity contribution is 7.09. The van der Waals surface area contributed by atoms with Crippen molar-refractivity contribution in [3.63, 3.8) is 0 Å². The first kappa shape index (κ1) is 12.2. The van der Waals surface area contributed by atoms with Gasteiger partial charge < -0.3 is 10.6 Å². The number of carbonyl (C=O) groups excluding carboxylic acids is 1. The fraction of sp³-hybridized carbons (Fsp3) is 0.545. The van der Waals surface area contributed by atoms with Crippen LogP contribution in [0.5, 0.6) is 0 Å². The van der Waals surface area contributed by atoms with E-state index >= 15 is 0 Å². The monoisotopic (exact) mass is 226 g/mol. The molecule has 4 heteroatoms. The third kappa shape index (κ3) is 4.44. The predicted molar refractivity (Wildman–Crippen MR) is 63.9 cm³/mol. The van der Waals surface area contributed by atoms with E-state index in [2.05, 4.69) is 10.6 Å². The van der Waals surface area contributed by atoms with E-state index in [1.54, 1.807) is 11.3 Å². The van der Waals surface area contributed by atoms with Crippen LogP contribution in [-0.4, -0.2) is 19.0 Å². The van der Waals surface area contributed by atoms with Crippen LogP contribution in [0.15, 0.2) is 17.5 Å². The van der Waals surface area contributed by atoms with Crippen molar-refractivity contribution in [2.24, 2.45) is 5.92 Å². The minimum Gasteiger partial charge on any atom is -0.351 e. The summed E-state index contributed by atoms with van der Waals surface area (Å²) >= 11 is 1.66. The minimum atomic E-state index is 0.0323. The number of rotatable bonds is 6. The summed E-state index contributed by atoms with van der Waals surface area (Å²) in [5.41, 5.74) is 0. The zero-order valence-electron chi connectivity index (χ0n) is 9.25. The maximum absolute atomic E-state index is 11.6. The first-order valence-electron chi connectivity index (χ1n) is 5.24. The average molecular weight is 226 g/mol. The second-order valence-corrected chi connectivity index (χ2v) is 4.54. The number of hydrogen-bond donors (Lipinski definition) is 2. The lowest BCUT2D eigenvalue weighted by Gasteiger charge is -2.11. The van der Waals surface area contributed by atoms with E-state index in [9.17, 15) is 4.79 Å². The quantitative estimate of drug-likeness (QED) is 0.774. The molecule has 84 valence electrons. The highest BCUT2D eigenvalue weighted by Crippen LogP contribution is 2.07. The molecule has 1 aromatic rings. The molecule has 0 radical (unpaired) electrons. The molecule has 0 saturated heterocycles. The summed E-state index contributed by atoms with van der Waals surface area (Å²) in [6, 6.07) is 4.02. The SMILES string of the molecule is CCNCC(C)C(=O)NCc1cccs1. The van der Waals surface area contributed by atoms with Crippen LogP contribution in [0.2, 0.25) is 0 Å². The van der Waals surface area contributed by atoms with E-state index in [-0.39, 0.29) is 11.8 Å². The maximum atomic E-state index is 11.6. The van der Waals surface area contributed by atoms with Crippen molar-refractivity contribution in [3.8, 4) is 0 Å². The highest BCUT2D eigenvalue weighted by atomic mass is 32.1. The first-order valence-corrected chi connectivity index (χ1v) is 6.12. The Morgan fingerprint density at radius 3 is 3.00 bits per heavy atom. The van der Waals surface area contributed by atoms with Crippen molar-refractivity contribution in [2.45, 2.75) is 20.4 Å². The molecule has 0 aromatic carbocycles. The Bertz CT molecular complexity index is 285. The Morgan fingerprint density at radius 2 is 2.40 bits per heavy atom. The molecule has 0 fully saturated rings. The first-order chi connectivity index (χ1) is 7.24. The molecule has 0 spiro atoms. The largest absolute Gasteiger partial charge is 0.351 e. The summed E-state index contributed by atoms with van der Waals surface area (Å²) in [6.07, 6.45) is 0. The minimum absolute atomic E-state index is 0.0323. The molecule has 3 nitrogen and oxygen atoms in total. The summed E-state index contributed by atoms with van der Waals surface area (Å²) in [4.78, 5) is 12.8. The lowest BCUT2D eigenvalue weighted by molar-refractivity contribution is -0.124. The van der Waals surface area contributed by atoms with Crippen LogP contribution in [0.25, 0.3) is 0 Å². The van der Waals surface area contributed by atoms with Gasteiger partial charge in [0.1, 0.15) is 0 Å². The van der Waals surface area contributed by atoms with Gasteiger partial charge in [-0.1, -0.05) is 19.9 Å². The van der Waals surface area contributed by atoms with Crippen LogP contribution in [0.4, 0.5) is 0 Å². The fourth-order valence-electron chi connectivity index (χ4n) is 1.22. The van der Waals surface area contributed by atoms with Crippen LogP contribution >= 0.6 is 11.3 Å². The summed E-state index contributed by atoms with van der Waals surface area (Å²) in [5.74, 6) is 0.147. The van der Waals surface area contributed by atoms with Crippen molar-refractivity contribution >= 4 is 17.2 Å². The zero-order valence-corrected chi connectivity index (χ0v) is 10.1. The van der Waals surface area contributed by atoms with E-state index in [1.165, 1.54) is 4.88 Å². The molecule has 1 atom stereocenters.